The zero-order chi connectivity index (χ0) is 8.91. The molecule has 1 nitrogen and oxygen atoms in total. The lowest BCUT2D eigenvalue weighted by molar-refractivity contribution is 0.0988. The largest absolute Gasteiger partial charge is 0.396 e. The predicted octanol–water partition coefficient (Wildman–Crippen LogP) is 2.83. The molecule has 0 aromatic carbocycles. The van der Waals surface area contributed by atoms with Crippen LogP contribution in [0.15, 0.2) is 0 Å². The highest BCUT2D eigenvalue weighted by Gasteiger charge is 2.23. The highest BCUT2D eigenvalue weighted by molar-refractivity contribution is 4.73. The van der Waals surface area contributed by atoms with Crippen LogP contribution in [0.1, 0.15) is 47.0 Å². The molecule has 0 bridgehead atoms. The molecule has 0 aliphatic rings. The van der Waals surface area contributed by atoms with Crippen LogP contribution in [0.2, 0.25) is 0 Å². The highest BCUT2D eigenvalue weighted by atomic mass is 16.3. The van der Waals surface area contributed by atoms with Gasteiger partial charge in [-0.25, -0.2) is 0 Å². The van der Waals surface area contributed by atoms with E-state index in [1.54, 1.807) is 0 Å². The number of aliphatic hydroxyl groups is 1. The molecule has 0 aliphatic heterocycles. The Morgan fingerprint density at radius 1 is 1.36 bits per heavy atom. The first-order valence-corrected chi connectivity index (χ1v) is 4.65. The third-order valence-corrected chi connectivity index (χ3v) is 2.73. The van der Waals surface area contributed by atoms with Gasteiger partial charge in [0.1, 0.15) is 0 Å². The van der Waals surface area contributed by atoms with Gasteiger partial charge in [-0.15, -0.1) is 0 Å². The minimum atomic E-state index is 0.106. The minimum Gasteiger partial charge on any atom is -0.396 e. The number of hydrogen-bond donors (Lipinski definition) is 1. The van der Waals surface area contributed by atoms with E-state index in [4.69, 9.17) is 5.11 Å². The molecule has 0 spiro atoms. The first kappa shape index (κ1) is 11.0. The van der Waals surface area contributed by atoms with Gasteiger partial charge in [-0.1, -0.05) is 47.0 Å². The second-order valence-corrected chi connectivity index (χ2v) is 4.19. The Kier molecular flexibility index (Phi) is 4.74. The van der Waals surface area contributed by atoms with Crippen molar-refractivity contribution in [2.75, 3.05) is 6.61 Å². The molecule has 11 heavy (non-hydrogen) atoms. The summed E-state index contributed by atoms with van der Waals surface area (Å²) in [7, 11) is 0. The van der Waals surface area contributed by atoms with E-state index in [0.717, 1.165) is 0 Å². The summed E-state index contributed by atoms with van der Waals surface area (Å²) in [5.41, 5.74) is 0.106. The number of aliphatic hydroxyl groups excluding tert-OH is 1. The van der Waals surface area contributed by atoms with E-state index in [1.165, 1.54) is 19.3 Å². The van der Waals surface area contributed by atoms with Gasteiger partial charge in [0.15, 0.2) is 0 Å². The maximum absolute atomic E-state index is 9.06. The molecule has 0 heterocycles. The van der Waals surface area contributed by atoms with Crippen molar-refractivity contribution in [3.8, 4) is 0 Å². The number of rotatable bonds is 5. The van der Waals surface area contributed by atoms with E-state index in [0.29, 0.717) is 12.5 Å². The Hall–Kier alpha value is -0.0400. The standard InChI is InChI=1S/C10H22O/c1-5-6-7-9(2)10(3,4)8-11/h9,11H,5-8H2,1-4H3. The monoisotopic (exact) mass is 158 g/mol. The Labute approximate surface area is 70.8 Å². The Morgan fingerprint density at radius 3 is 2.27 bits per heavy atom. The second-order valence-electron chi connectivity index (χ2n) is 4.19. The quantitative estimate of drug-likeness (QED) is 0.652. The Balaban J connectivity index is 3.71. The zero-order valence-corrected chi connectivity index (χ0v) is 8.35. The molecule has 0 saturated heterocycles. The molecule has 0 aliphatic carbocycles. The normalized spacial score (nSPS) is 15.0. The summed E-state index contributed by atoms with van der Waals surface area (Å²) in [5, 5.41) is 9.06. The molecule has 1 atom stereocenters. The molecule has 1 heteroatoms. The topological polar surface area (TPSA) is 20.2 Å². The maximum Gasteiger partial charge on any atom is 0.0484 e. The molecule has 0 fully saturated rings. The van der Waals surface area contributed by atoms with Gasteiger partial charge in [-0.3, -0.25) is 0 Å². The van der Waals surface area contributed by atoms with Gasteiger partial charge in [-0.2, -0.15) is 0 Å². The lowest BCUT2D eigenvalue weighted by Gasteiger charge is -2.29. The van der Waals surface area contributed by atoms with Crippen molar-refractivity contribution in [2.45, 2.75) is 47.0 Å². The van der Waals surface area contributed by atoms with Crippen molar-refractivity contribution in [3.63, 3.8) is 0 Å². The van der Waals surface area contributed by atoms with E-state index in [-0.39, 0.29) is 5.41 Å². The van der Waals surface area contributed by atoms with Crippen LogP contribution in [0.4, 0.5) is 0 Å². The Bertz CT molecular complexity index is 97.0. The molecule has 1 N–H and O–H groups in total. The SMILES string of the molecule is CCCCC(C)C(C)(C)CO. The van der Waals surface area contributed by atoms with E-state index in [1.807, 2.05) is 0 Å². The average molecular weight is 158 g/mol. The molecule has 0 saturated carbocycles. The first-order chi connectivity index (χ1) is 5.04. The van der Waals surface area contributed by atoms with Crippen LogP contribution in [-0.4, -0.2) is 11.7 Å². The average Bonchev–Trinajstić information content (AvgIpc) is 2.00. The summed E-state index contributed by atoms with van der Waals surface area (Å²) < 4.78 is 0. The molecule has 0 aromatic rings. The summed E-state index contributed by atoms with van der Waals surface area (Å²) in [6.07, 6.45) is 3.78. The van der Waals surface area contributed by atoms with Crippen LogP contribution in [0, 0.1) is 11.3 Å². The van der Waals surface area contributed by atoms with Crippen LogP contribution in [-0.2, 0) is 0 Å². The Morgan fingerprint density at radius 2 is 1.91 bits per heavy atom. The van der Waals surface area contributed by atoms with Crippen molar-refractivity contribution < 1.29 is 5.11 Å². The lowest BCUT2D eigenvalue weighted by atomic mass is 9.78. The molecular weight excluding hydrogens is 136 g/mol. The fourth-order valence-corrected chi connectivity index (χ4v) is 1.06. The third-order valence-electron chi connectivity index (χ3n) is 2.73. The predicted molar refractivity (Wildman–Crippen MR) is 49.6 cm³/mol. The lowest BCUT2D eigenvalue weighted by Crippen LogP contribution is -2.25. The molecule has 0 aromatic heterocycles. The van der Waals surface area contributed by atoms with Crippen molar-refractivity contribution >= 4 is 0 Å². The van der Waals surface area contributed by atoms with Gasteiger partial charge in [0.05, 0.1) is 0 Å². The number of hydrogen-bond acceptors (Lipinski definition) is 1. The summed E-state index contributed by atoms with van der Waals surface area (Å²) in [4.78, 5) is 0. The third kappa shape index (κ3) is 3.76. The van der Waals surface area contributed by atoms with Crippen LogP contribution < -0.4 is 0 Å². The van der Waals surface area contributed by atoms with Gasteiger partial charge >= 0.3 is 0 Å². The van der Waals surface area contributed by atoms with Crippen molar-refractivity contribution in [1.82, 2.24) is 0 Å². The van der Waals surface area contributed by atoms with E-state index in [2.05, 4.69) is 27.7 Å². The fraction of sp³-hybridized carbons (Fsp3) is 1.00. The van der Waals surface area contributed by atoms with Crippen LogP contribution in [0.3, 0.4) is 0 Å². The highest BCUT2D eigenvalue weighted by Crippen LogP contribution is 2.29. The summed E-state index contributed by atoms with van der Waals surface area (Å²) in [5.74, 6) is 0.632. The minimum absolute atomic E-state index is 0.106. The molecule has 0 amide bonds. The molecular formula is C10H22O. The fourth-order valence-electron chi connectivity index (χ4n) is 1.06. The van der Waals surface area contributed by atoms with E-state index >= 15 is 0 Å². The van der Waals surface area contributed by atoms with Gasteiger partial charge in [0, 0.05) is 6.61 Å². The summed E-state index contributed by atoms with van der Waals surface area (Å²) >= 11 is 0. The van der Waals surface area contributed by atoms with Crippen molar-refractivity contribution in [3.05, 3.63) is 0 Å². The van der Waals surface area contributed by atoms with Crippen molar-refractivity contribution in [2.24, 2.45) is 11.3 Å². The van der Waals surface area contributed by atoms with Gasteiger partial charge in [-0.05, 0) is 11.3 Å². The zero-order valence-electron chi connectivity index (χ0n) is 8.35. The molecule has 1 unspecified atom stereocenters. The first-order valence-electron chi connectivity index (χ1n) is 4.65. The van der Waals surface area contributed by atoms with Crippen LogP contribution in [0.5, 0.6) is 0 Å². The van der Waals surface area contributed by atoms with Crippen molar-refractivity contribution in [1.29, 1.82) is 0 Å². The number of unbranched alkanes of at least 4 members (excludes halogenated alkanes) is 1. The van der Waals surface area contributed by atoms with E-state index < -0.39 is 0 Å². The molecule has 68 valence electrons. The smallest absolute Gasteiger partial charge is 0.0484 e. The summed E-state index contributed by atoms with van der Waals surface area (Å²) in [6, 6.07) is 0. The van der Waals surface area contributed by atoms with E-state index in [9.17, 15) is 0 Å². The maximum atomic E-state index is 9.06. The van der Waals surface area contributed by atoms with Gasteiger partial charge in [0.2, 0.25) is 0 Å². The molecule has 0 rings (SSSR count). The van der Waals surface area contributed by atoms with Crippen LogP contribution in [0.25, 0.3) is 0 Å². The molecule has 0 radical (unpaired) electrons. The summed E-state index contributed by atoms with van der Waals surface area (Å²) in [6.45, 7) is 9.00. The van der Waals surface area contributed by atoms with Gasteiger partial charge in [0.25, 0.3) is 0 Å². The second kappa shape index (κ2) is 4.76. The van der Waals surface area contributed by atoms with Gasteiger partial charge < -0.3 is 5.11 Å². The van der Waals surface area contributed by atoms with Crippen LogP contribution >= 0.6 is 0 Å².